The summed E-state index contributed by atoms with van der Waals surface area (Å²) in [5, 5.41) is 0. The van der Waals surface area contributed by atoms with Crippen molar-refractivity contribution in [2.45, 2.75) is 40.5 Å². The Hall–Kier alpha value is -1.31. The van der Waals surface area contributed by atoms with Gasteiger partial charge in [0.05, 0.1) is 12.2 Å². The highest BCUT2D eigenvalue weighted by atomic mass is 16.5. The summed E-state index contributed by atoms with van der Waals surface area (Å²) in [6.45, 7) is 8.75. The zero-order valence-corrected chi connectivity index (χ0v) is 11.2. The fraction of sp³-hybridized carbons (Fsp3) is 0.533. The van der Waals surface area contributed by atoms with Crippen LogP contribution in [-0.4, -0.2) is 12.6 Å². The minimum atomic E-state index is -0.231. The van der Waals surface area contributed by atoms with E-state index in [-0.39, 0.29) is 5.97 Å². The van der Waals surface area contributed by atoms with Crippen LogP contribution in [-0.2, 0) is 11.2 Å². The Balaban J connectivity index is 2.75. The molecule has 0 aliphatic carbocycles. The van der Waals surface area contributed by atoms with Gasteiger partial charge in [0.1, 0.15) is 0 Å². The van der Waals surface area contributed by atoms with Gasteiger partial charge in [-0.15, -0.1) is 0 Å². The van der Waals surface area contributed by atoms with Crippen molar-refractivity contribution in [2.24, 2.45) is 5.92 Å². The Morgan fingerprint density at radius 3 is 2.59 bits per heavy atom. The van der Waals surface area contributed by atoms with Crippen molar-refractivity contribution >= 4 is 5.97 Å². The monoisotopic (exact) mass is 234 g/mol. The molecule has 0 N–H and O–H groups in total. The van der Waals surface area contributed by atoms with Gasteiger partial charge in [-0.25, -0.2) is 4.79 Å². The predicted molar refractivity (Wildman–Crippen MR) is 70.3 cm³/mol. The maximum Gasteiger partial charge on any atom is 0.338 e. The van der Waals surface area contributed by atoms with Crippen molar-refractivity contribution in [1.82, 2.24) is 0 Å². The number of hydrogen-bond acceptors (Lipinski definition) is 2. The second kappa shape index (κ2) is 6.43. The molecule has 0 aliphatic rings. The quantitative estimate of drug-likeness (QED) is 0.725. The lowest BCUT2D eigenvalue weighted by Crippen LogP contribution is -2.05. The highest BCUT2D eigenvalue weighted by Gasteiger charge is 2.08. The standard InChI is InChI=1S/C15H22O2/c1-5-17-15(16)14-9-8-13(12(4)10-14)7-6-11(2)3/h8-11H,5-7H2,1-4H3. The molecular formula is C15H22O2. The van der Waals surface area contributed by atoms with E-state index in [0.717, 1.165) is 6.42 Å². The van der Waals surface area contributed by atoms with Crippen LogP contribution in [0.15, 0.2) is 18.2 Å². The topological polar surface area (TPSA) is 26.3 Å². The summed E-state index contributed by atoms with van der Waals surface area (Å²) >= 11 is 0. The van der Waals surface area contributed by atoms with Gasteiger partial charge >= 0.3 is 5.97 Å². The van der Waals surface area contributed by atoms with Gasteiger partial charge in [0, 0.05) is 0 Å². The Kier molecular flexibility index (Phi) is 5.20. The molecule has 0 aromatic heterocycles. The van der Waals surface area contributed by atoms with E-state index in [9.17, 15) is 4.79 Å². The largest absolute Gasteiger partial charge is 0.462 e. The number of ether oxygens (including phenoxy) is 1. The van der Waals surface area contributed by atoms with Gasteiger partial charge in [-0.3, -0.25) is 0 Å². The summed E-state index contributed by atoms with van der Waals surface area (Å²) in [6.07, 6.45) is 2.26. The first kappa shape index (κ1) is 13.8. The summed E-state index contributed by atoms with van der Waals surface area (Å²) in [5.41, 5.74) is 3.15. The van der Waals surface area contributed by atoms with Crippen molar-refractivity contribution in [3.8, 4) is 0 Å². The molecule has 0 aliphatic heterocycles. The SMILES string of the molecule is CCOC(=O)c1ccc(CCC(C)C)c(C)c1. The minimum Gasteiger partial charge on any atom is -0.462 e. The third-order valence-corrected chi connectivity index (χ3v) is 2.84. The molecular weight excluding hydrogens is 212 g/mol. The molecule has 2 nitrogen and oxygen atoms in total. The number of esters is 1. The van der Waals surface area contributed by atoms with Crippen LogP contribution in [0.4, 0.5) is 0 Å². The van der Waals surface area contributed by atoms with Crippen LogP contribution in [0.3, 0.4) is 0 Å². The van der Waals surface area contributed by atoms with Crippen LogP contribution >= 0.6 is 0 Å². The molecule has 0 atom stereocenters. The predicted octanol–water partition coefficient (Wildman–Crippen LogP) is 3.76. The van der Waals surface area contributed by atoms with Crippen LogP contribution in [0.1, 0.15) is 48.7 Å². The van der Waals surface area contributed by atoms with Gasteiger partial charge in [-0.05, 0) is 55.9 Å². The van der Waals surface area contributed by atoms with Gasteiger partial charge < -0.3 is 4.74 Å². The summed E-state index contributed by atoms with van der Waals surface area (Å²) in [6, 6.07) is 5.83. The molecule has 1 aromatic carbocycles. The average molecular weight is 234 g/mol. The molecule has 0 unspecified atom stereocenters. The Bertz CT molecular complexity index is 381. The second-order valence-corrected chi connectivity index (χ2v) is 4.79. The molecule has 0 heterocycles. The lowest BCUT2D eigenvalue weighted by atomic mass is 9.97. The zero-order valence-electron chi connectivity index (χ0n) is 11.2. The summed E-state index contributed by atoms with van der Waals surface area (Å²) in [4.78, 5) is 11.6. The molecule has 1 rings (SSSR count). The normalized spacial score (nSPS) is 10.6. The molecule has 0 bridgehead atoms. The van der Waals surface area contributed by atoms with E-state index in [2.05, 4.69) is 20.8 Å². The third kappa shape index (κ3) is 4.22. The molecule has 17 heavy (non-hydrogen) atoms. The van der Waals surface area contributed by atoms with Crippen molar-refractivity contribution in [3.63, 3.8) is 0 Å². The van der Waals surface area contributed by atoms with E-state index in [1.807, 2.05) is 25.1 Å². The first-order valence-electron chi connectivity index (χ1n) is 6.31. The van der Waals surface area contributed by atoms with E-state index >= 15 is 0 Å². The van der Waals surface area contributed by atoms with E-state index in [1.165, 1.54) is 17.5 Å². The maximum atomic E-state index is 11.6. The molecule has 0 radical (unpaired) electrons. The fourth-order valence-electron chi connectivity index (χ4n) is 1.76. The number of rotatable bonds is 5. The average Bonchev–Trinajstić information content (AvgIpc) is 2.27. The smallest absolute Gasteiger partial charge is 0.338 e. The highest BCUT2D eigenvalue weighted by molar-refractivity contribution is 5.89. The van der Waals surface area contributed by atoms with Gasteiger partial charge in [-0.1, -0.05) is 19.9 Å². The van der Waals surface area contributed by atoms with Crippen LogP contribution < -0.4 is 0 Å². The number of benzene rings is 1. The molecule has 0 saturated heterocycles. The maximum absolute atomic E-state index is 11.6. The molecule has 0 saturated carbocycles. The van der Waals surface area contributed by atoms with Gasteiger partial charge in [0.15, 0.2) is 0 Å². The van der Waals surface area contributed by atoms with Crippen molar-refractivity contribution < 1.29 is 9.53 Å². The number of carbonyl (C=O) groups excluding carboxylic acids is 1. The van der Waals surface area contributed by atoms with Gasteiger partial charge in [-0.2, -0.15) is 0 Å². The van der Waals surface area contributed by atoms with Crippen molar-refractivity contribution in [2.75, 3.05) is 6.61 Å². The Labute approximate surface area is 104 Å². The summed E-state index contributed by atoms with van der Waals surface area (Å²) in [5.74, 6) is 0.477. The van der Waals surface area contributed by atoms with Crippen LogP contribution in [0, 0.1) is 12.8 Å². The number of hydrogen-bond donors (Lipinski definition) is 0. The first-order valence-corrected chi connectivity index (χ1v) is 6.31. The number of aryl methyl sites for hydroxylation is 2. The molecule has 1 aromatic rings. The molecule has 2 heteroatoms. The van der Waals surface area contributed by atoms with Crippen molar-refractivity contribution in [1.29, 1.82) is 0 Å². The summed E-state index contributed by atoms with van der Waals surface area (Å²) in [7, 11) is 0. The van der Waals surface area contributed by atoms with Crippen molar-refractivity contribution in [3.05, 3.63) is 34.9 Å². The van der Waals surface area contributed by atoms with Crippen LogP contribution in [0.5, 0.6) is 0 Å². The molecule has 0 amide bonds. The number of carbonyl (C=O) groups is 1. The molecule has 0 spiro atoms. The van der Waals surface area contributed by atoms with E-state index in [4.69, 9.17) is 4.74 Å². The van der Waals surface area contributed by atoms with E-state index in [0.29, 0.717) is 18.1 Å². The van der Waals surface area contributed by atoms with Gasteiger partial charge in [0.2, 0.25) is 0 Å². The zero-order chi connectivity index (χ0) is 12.8. The minimum absolute atomic E-state index is 0.231. The van der Waals surface area contributed by atoms with E-state index in [1.54, 1.807) is 0 Å². The molecule has 0 fully saturated rings. The third-order valence-electron chi connectivity index (χ3n) is 2.84. The summed E-state index contributed by atoms with van der Waals surface area (Å²) < 4.78 is 4.98. The van der Waals surface area contributed by atoms with E-state index < -0.39 is 0 Å². The Morgan fingerprint density at radius 1 is 1.35 bits per heavy atom. The van der Waals surface area contributed by atoms with Crippen LogP contribution in [0.25, 0.3) is 0 Å². The first-order chi connectivity index (χ1) is 8.04. The van der Waals surface area contributed by atoms with Crippen LogP contribution in [0.2, 0.25) is 0 Å². The second-order valence-electron chi connectivity index (χ2n) is 4.79. The highest BCUT2D eigenvalue weighted by Crippen LogP contribution is 2.16. The lowest BCUT2D eigenvalue weighted by molar-refractivity contribution is 0.0526. The molecule has 94 valence electrons. The van der Waals surface area contributed by atoms with Gasteiger partial charge in [0.25, 0.3) is 0 Å². The Morgan fingerprint density at radius 2 is 2.06 bits per heavy atom. The fourth-order valence-corrected chi connectivity index (χ4v) is 1.76. The lowest BCUT2D eigenvalue weighted by Gasteiger charge is -2.09.